The summed E-state index contributed by atoms with van der Waals surface area (Å²) in [5.74, 6) is -0.425. The van der Waals surface area contributed by atoms with Gasteiger partial charge < -0.3 is 10.6 Å². The maximum absolute atomic E-state index is 11.7. The number of carbonyl (C=O) groups is 3. The number of allylic oxidation sites excluding steroid dienone is 1. The molecule has 0 radical (unpaired) electrons. The van der Waals surface area contributed by atoms with E-state index in [1.807, 2.05) is 0 Å². The van der Waals surface area contributed by atoms with Crippen LogP contribution in [0.1, 0.15) is 44.9 Å². The second kappa shape index (κ2) is 7.07. The summed E-state index contributed by atoms with van der Waals surface area (Å²) in [5, 5.41) is 7.48. The van der Waals surface area contributed by atoms with Crippen molar-refractivity contribution in [3.8, 4) is 0 Å². The second-order valence-corrected chi connectivity index (χ2v) is 5.26. The SMILES string of the molecule is O=C(CC[C@H]1NC(=O)NC1=O)NCCC1=CCCCC1. The summed E-state index contributed by atoms with van der Waals surface area (Å²) in [7, 11) is 0. The Morgan fingerprint density at radius 3 is 2.85 bits per heavy atom. The highest BCUT2D eigenvalue weighted by atomic mass is 16.2. The number of imide groups is 1. The van der Waals surface area contributed by atoms with Gasteiger partial charge in [-0.25, -0.2) is 4.79 Å². The van der Waals surface area contributed by atoms with Gasteiger partial charge >= 0.3 is 6.03 Å². The molecule has 0 unspecified atom stereocenters. The molecular formula is C14H21N3O3. The van der Waals surface area contributed by atoms with Crippen LogP contribution in [0.25, 0.3) is 0 Å². The van der Waals surface area contributed by atoms with Crippen LogP contribution in [-0.4, -0.2) is 30.4 Å². The fraction of sp³-hybridized carbons (Fsp3) is 0.643. The quantitative estimate of drug-likeness (QED) is 0.500. The van der Waals surface area contributed by atoms with E-state index in [9.17, 15) is 14.4 Å². The lowest BCUT2D eigenvalue weighted by Crippen LogP contribution is -2.32. The maximum Gasteiger partial charge on any atom is 0.322 e. The zero-order valence-corrected chi connectivity index (χ0v) is 11.5. The molecule has 1 aliphatic heterocycles. The third-order valence-electron chi connectivity index (χ3n) is 3.67. The Hall–Kier alpha value is -1.85. The van der Waals surface area contributed by atoms with Crippen LogP contribution in [-0.2, 0) is 9.59 Å². The number of rotatable bonds is 6. The van der Waals surface area contributed by atoms with Crippen molar-refractivity contribution >= 4 is 17.8 Å². The van der Waals surface area contributed by atoms with E-state index in [1.54, 1.807) is 0 Å². The Kier molecular flexibility index (Phi) is 5.15. The van der Waals surface area contributed by atoms with Gasteiger partial charge in [0.25, 0.3) is 5.91 Å². The van der Waals surface area contributed by atoms with Gasteiger partial charge in [0.1, 0.15) is 6.04 Å². The molecule has 3 N–H and O–H groups in total. The van der Waals surface area contributed by atoms with Gasteiger partial charge in [0.15, 0.2) is 0 Å². The van der Waals surface area contributed by atoms with Crippen molar-refractivity contribution in [1.82, 2.24) is 16.0 Å². The minimum absolute atomic E-state index is 0.0737. The van der Waals surface area contributed by atoms with E-state index in [4.69, 9.17) is 0 Å². The lowest BCUT2D eigenvalue weighted by molar-refractivity contribution is -0.122. The zero-order valence-electron chi connectivity index (χ0n) is 11.5. The molecule has 1 heterocycles. The van der Waals surface area contributed by atoms with E-state index in [-0.39, 0.29) is 18.2 Å². The predicted molar refractivity (Wildman–Crippen MR) is 73.9 cm³/mol. The summed E-state index contributed by atoms with van der Waals surface area (Å²) in [4.78, 5) is 33.8. The molecule has 2 aliphatic rings. The van der Waals surface area contributed by atoms with E-state index < -0.39 is 12.1 Å². The molecule has 0 aromatic carbocycles. The predicted octanol–water partition coefficient (Wildman–Crippen LogP) is 0.981. The van der Waals surface area contributed by atoms with Crippen LogP contribution in [0.3, 0.4) is 0 Å². The fourth-order valence-electron chi connectivity index (χ4n) is 2.52. The Morgan fingerprint density at radius 1 is 1.35 bits per heavy atom. The van der Waals surface area contributed by atoms with Crippen molar-refractivity contribution in [2.24, 2.45) is 0 Å². The number of hydrogen-bond acceptors (Lipinski definition) is 3. The lowest BCUT2D eigenvalue weighted by Gasteiger charge is -2.13. The van der Waals surface area contributed by atoms with Crippen LogP contribution in [0.4, 0.5) is 4.79 Å². The molecular weight excluding hydrogens is 258 g/mol. The molecule has 1 atom stereocenters. The highest BCUT2D eigenvalue weighted by molar-refractivity contribution is 6.04. The van der Waals surface area contributed by atoms with Crippen LogP contribution in [0.15, 0.2) is 11.6 Å². The topological polar surface area (TPSA) is 87.3 Å². The monoisotopic (exact) mass is 279 g/mol. The summed E-state index contributed by atoms with van der Waals surface area (Å²) in [5.41, 5.74) is 1.43. The first-order valence-electron chi connectivity index (χ1n) is 7.21. The summed E-state index contributed by atoms with van der Waals surface area (Å²) >= 11 is 0. The molecule has 1 saturated heterocycles. The van der Waals surface area contributed by atoms with Crippen LogP contribution in [0.2, 0.25) is 0 Å². The van der Waals surface area contributed by atoms with Crippen molar-refractivity contribution in [3.63, 3.8) is 0 Å². The van der Waals surface area contributed by atoms with E-state index in [0.29, 0.717) is 13.0 Å². The van der Waals surface area contributed by atoms with Gasteiger partial charge in [0.05, 0.1) is 0 Å². The second-order valence-electron chi connectivity index (χ2n) is 5.26. The smallest absolute Gasteiger partial charge is 0.322 e. The molecule has 0 spiro atoms. The van der Waals surface area contributed by atoms with Crippen molar-refractivity contribution < 1.29 is 14.4 Å². The first-order valence-corrected chi connectivity index (χ1v) is 7.21. The van der Waals surface area contributed by atoms with Crippen molar-refractivity contribution in [1.29, 1.82) is 0 Å². The normalized spacial score (nSPS) is 22.0. The Bertz CT molecular complexity index is 431. The van der Waals surface area contributed by atoms with E-state index in [2.05, 4.69) is 22.0 Å². The molecule has 6 heteroatoms. The van der Waals surface area contributed by atoms with Gasteiger partial charge in [0, 0.05) is 13.0 Å². The molecule has 1 aliphatic carbocycles. The van der Waals surface area contributed by atoms with E-state index in [1.165, 1.54) is 18.4 Å². The highest BCUT2D eigenvalue weighted by Gasteiger charge is 2.29. The van der Waals surface area contributed by atoms with Gasteiger partial charge in [0.2, 0.25) is 5.91 Å². The van der Waals surface area contributed by atoms with E-state index >= 15 is 0 Å². The molecule has 4 amide bonds. The van der Waals surface area contributed by atoms with Crippen LogP contribution in [0.5, 0.6) is 0 Å². The van der Waals surface area contributed by atoms with E-state index in [0.717, 1.165) is 19.3 Å². The fourth-order valence-corrected chi connectivity index (χ4v) is 2.52. The average Bonchev–Trinajstić information content (AvgIpc) is 2.76. The van der Waals surface area contributed by atoms with Gasteiger partial charge in [-0.05, 0) is 38.5 Å². The Balaban J connectivity index is 1.59. The molecule has 20 heavy (non-hydrogen) atoms. The van der Waals surface area contributed by atoms with Gasteiger partial charge in [-0.2, -0.15) is 0 Å². The lowest BCUT2D eigenvalue weighted by atomic mass is 9.97. The Morgan fingerprint density at radius 2 is 2.20 bits per heavy atom. The van der Waals surface area contributed by atoms with Crippen LogP contribution >= 0.6 is 0 Å². The number of amides is 4. The van der Waals surface area contributed by atoms with Crippen molar-refractivity contribution in [2.75, 3.05) is 6.54 Å². The highest BCUT2D eigenvalue weighted by Crippen LogP contribution is 2.19. The molecule has 0 aromatic heterocycles. The molecule has 0 aromatic rings. The molecule has 110 valence electrons. The molecule has 0 bridgehead atoms. The van der Waals surface area contributed by atoms with Gasteiger partial charge in [-0.3, -0.25) is 14.9 Å². The van der Waals surface area contributed by atoms with Crippen molar-refractivity contribution in [2.45, 2.75) is 51.0 Å². The van der Waals surface area contributed by atoms with Gasteiger partial charge in [-0.15, -0.1) is 0 Å². The number of nitrogens with one attached hydrogen (secondary N) is 3. The summed E-state index contributed by atoms with van der Waals surface area (Å²) in [6, 6.07) is -1.06. The summed E-state index contributed by atoms with van der Waals surface area (Å²) < 4.78 is 0. The first-order chi connectivity index (χ1) is 9.65. The summed E-state index contributed by atoms with van der Waals surface area (Å²) in [6.07, 6.45) is 8.58. The van der Waals surface area contributed by atoms with Gasteiger partial charge in [-0.1, -0.05) is 11.6 Å². The summed E-state index contributed by atoms with van der Waals surface area (Å²) in [6.45, 7) is 0.647. The number of urea groups is 1. The average molecular weight is 279 g/mol. The van der Waals surface area contributed by atoms with Crippen molar-refractivity contribution in [3.05, 3.63) is 11.6 Å². The molecule has 1 fully saturated rings. The third-order valence-corrected chi connectivity index (χ3v) is 3.67. The minimum Gasteiger partial charge on any atom is -0.356 e. The number of hydrogen-bond donors (Lipinski definition) is 3. The maximum atomic E-state index is 11.7. The standard InChI is InChI=1S/C14H21N3O3/c18-12(7-6-11-13(19)17-14(20)16-11)15-9-8-10-4-2-1-3-5-10/h4,11H,1-3,5-9H2,(H,15,18)(H2,16,17,19,20)/t11-/m1/s1. The molecule has 0 saturated carbocycles. The van der Waals surface area contributed by atoms with Crippen LogP contribution in [0, 0.1) is 0 Å². The first kappa shape index (κ1) is 14.6. The molecule has 6 nitrogen and oxygen atoms in total. The third kappa shape index (κ3) is 4.36. The molecule has 2 rings (SSSR count). The minimum atomic E-state index is -0.575. The Labute approximate surface area is 118 Å². The zero-order chi connectivity index (χ0) is 14.4. The largest absolute Gasteiger partial charge is 0.356 e. The number of carbonyl (C=O) groups excluding carboxylic acids is 3. The van der Waals surface area contributed by atoms with Crippen LogP contribution < -0.4 is 16.0 Å².